The third-order valence-electron chi connectivity index (χ3n) is 3.68. The van der Waals surface area contributed by atoms with Crippen LogP contribution < -0.4 is 9.64 Å². The fourth-order valence-electron chi connectivity index (χ4n) is 2.52. The monoisotopic (exact) mass is 331 g/mol. The number of carbonyl (C=O) groups excluding carboxylic acids is 1. The van der Waals surface area contributed by atoms with Crippen molar-refractivity contribution in [2.45, 2.75) is 26.0 Å². The van der Waals surface area contributed by atoms with E-state index in [4.69, 9.17) is 4.74 Å². The second-order valence-corrected chi connectivity index (χ2v) is 5.32. The zero-order valence-corrected chi connectivity index (χ0v) is 12.8. The molecule has 1 amide bonds. The van der Waals surface area contributed by atoms with E-state index in [0.717, 1.165) is 0 Å². The zero-order valence-electron chi connectivity index (χ0n) is 12.8. The second-order valence-electron chi connectivity index (χ2n) is 5.32. The van der Waals surface area contributed by atoms with Crippen LogP contribution in [-0.2, 0) is 11.3 Å². The summed E-state index contributed by atoms with van der Waals surface area (Å²) >= 11 is 0. The molecule has 0 aliphatic carbocycles. The van der Waals surface area contributed by atoms with Gasteiger partial charge in [-0.3, -0.25) is 9.69 Å². The predicted molar refractivity (Wildman–Crippen MR) is 83.2 cm³/mol. The Kier molecular flexibility index (Phi) is 4.11. The Hall–Kier alpha value is -3.03. The molecule has 24 heavy (non-hydrogen) atoms. The van der Waals surface area contributed by atoms with Crippen molar-refractivity contribution in [2.75, 3.05) is 4.90 Å². The highest BCUT2D eigenvalue weighted by molar-refractivity contribution is 5.99. The van der Waals surface area contributed by atoms with Gasteiger partial charge in [-0.2, -0.15) is 0 Å². The van der Waals surface area contributed by atoms with Crippen LogP contribution in [0.4, 0.5) is 16.0 Å². The Balaban J connectivity index is 2.04. The van der Waals surface area contributed by atoms with Crippen molar-refractivity contribution in [3.05, 3.63) is 57.9 Å². The lowest BCUT2D eigenvalue weighted by atomic mass is 10.1. The van der Waals surface area contributed by atoms with Gasteiger partial charge in [0.25, 0.3) is 11.7 Å². The fraction of sp³-hybridized carbons (Fsp3) is 0.250. The van der Waals surface area contributed by atoms with E-state index in [9.17, 15) is 19.3 Å². The Bertz CT molecular complexity index is 812. The van der Waals surface area contributed by atoms with Crippen molar-refractivity contribution >= 4 is 17.5 Å². The first-order valence-corrected chi connectivity index (χ1v) is 7.37. The minimum absolute atomic E-state index is 0.0532. The van der Waals surface area contributed by atoms with Gasteiger partial charge in [-0.05, 0) is 40.1 Å². The van der Waals surface area contributed by atoms with Crippen LogP contribution in [0.1, 0.15) is 18.9 Å². The summed E-state index contributed by atoms with van der Waals surface area (Å²) in [6.07, 6.45) is -0.260. The van der Waals surface area contributed by atoms with Gasteiger partial charge in [-0.25, -0.2) is 4.39 Å². The van der Waals surface area contributed by atoms with Gasteiger partial charge < -0.3 is 14.9 Å². The van der Waals surface area contributed by atoms with Crippen LogP contribution in [-0.4, -0.2) is 21.9 Å². The number of nitro groups is 1. The van der Waals surface area contributed by atoms with E-state index in [-0.39, 0.29) is 24.1 Å². The average molecular weight is 331 g/mol. The standard InChI is InChI=1S/C16H14FN3O4/c1-2-12-16(21)19(9-10-4-3-5-11(17)8-10)15-13(24-12)6-7-14(18-15)20(22)23/h3-8,12H,2,9H2,1H3. The second kappa shape index (κ2) is 6.23. The quantitative estimate of drug-likeness (QED) is 0.635. The van der Waals surface area contributed by atoms with E-state index in [1.54, 1.807) is 13.0 Å². The van der Waals surface area contributed by atoms with E-state index < -0.39 is 16.8 Å². The number of hydrogen-bond donors (Lipinski definition) is 0. The number of nitrogens with zero attached hydrogens (tertiary/aromatic N) is 3. The molecule has 1 aliphatic heterocycles. The molecular weight excluding hydrogens is 317 g/mol. The maximum absolute atomic E-state index is 13.4. The van der Waals surface area contributed by atoms with E-state index in [1.165, 1.54) is 35.2 Å². The van der Waals surface area contributed by atoms with Crippen molar-refractivity contribution in [3.63, 3.8) is 0 Å². The molecule has 8 heteroatoms. The highest BCUT2D eigenvalue weighted by Gasteiger charge is 2.38. The van der Waals surface area contributed by atoms with Gasteiger partial charge in [0.2, 0.25) is 0 Å². The summed E-state index contributed by atoms with van der Waals surface area (Å²) in [6.45, 7) is 1.85. The normalized spacial score (nSPS) is 16.5. The van der Waals surface area contributed by atoms with E-state index in [1.807, 2.05) is 0 Å². The summed E-state index contributed by atoms with van der Waals surface area (Å²) < 4.78 is 19.0. The minimum atomic E-state index is -0.700. The molecule has 3 rings (SSSR count). The average Bonchev–Trinajstić information content (AvgIpc) is 2.56. The van der Waals surface area contributed by atoms with E-state index in [2.05, 4.69) is 4.98 Å². The summed E-state index contributed by atoms with van der Waals surface area (Å²) in [5.41, 5.74) is 0.555. The van der Waals surface area contributed by atoms with Gasteiger partial charge in [0.05, 0.1) is 6.54 Å². The first kappa shape index (κ1) is 15.9. The van der Waals surface area contributed by atoms with Crippen LogP contribution in [0.3, 0.4) is 0 Å². The number of fused-ring (bicyclic) bond motifs is 1. The molecule has 1 aromatic heterocycles. The van der Waals surface area contributed by atoms with Crippen LogP contribution in [0, 0.1) is 15.9 Å². The molecular formula is C16H14FN3O4. The Morgan fingerprint density at radius 2 is 2.17 bits per heavy atom. The molecule has 1 aliphatic rings. The predicted octanol–water partition coefficient (Wildman–Crippen LogP) is 2.83. The number of pyridine rings is 1. The van der Waals surface area contributed by atoms with Gasteiger partial charge in [-0.15, -0.1) is 0 Å². The summed E-state index contributed by atoms with van der Waals surface area (Å²) in [4.78, 5) is 28.1. The number of carbonyl (C=O) groups is 1. The third-order valence-corrected chi connectivity index (χ3v) is 3.68. The fourth-order valence-corrected chi connectivity index (χ4v) is 2.52. The molecule has 0 fully saturated rings. The summed E-state index contributed by atoms with van der Waals surface area (Å²) in [5.74, 6) is -0.800. The maximum Gasteiger partial charge on any atom is 0.366 e. The number of rotatable bonds is 4. The van der Waals surface area contributed by atoms with Crippen molar-refractivity contribution in [1.82, 2.24) is 4.98 Å². The third kappa shape index (κ3) is 2.90. The molecule has 2 aromatic rings. The molecule has 0 radical (unpaired) electrons. The van der Waals surface area contributed by atoms with Crippen LogP contribution in [0.15, 0.2) is 36.4 Å². The Morgan fingerprint density at radius 1 is 1.38 bits per heavy atom. The largest absolute Gasteiger partial charge is 0.474 e. The van der Waals surface area contributed by atoms with Crippen molar-refractivity contribution in [1.29, 1.82) is 0 Å². The van der Waals surface area contributed by atoms with Gasteiger partial charge in [-0.1, -0.05) is 19.1 Å². The first-order valence-electron chi connectivity index (χ1n) is 7.37. The number of halogens is 1. The zero-order chi connectivity index (χ0) is 17.3. The Morgan fingerprint density at radius 3 is 2.83 bits per heavy atom. The van der Waals surface area contributed by atoms with E-state index in [0.29, 0.717) is 17.7 Å². The van der Waals surface area contributed by atoms with E-state index >= 15 is 0 Å². The minimum Gasteiger partial charge on any atom is -0.474 e. The molecule has 124 valence electrons. The SMILES string of the molecule is CCC1Oc2ccc([N+](=O)[O-])nc2N(Cc2cccc(F)c2)C1=O. The molecule has 0 saturated heterocycles. The molecule has 2 heterocycles. The van der Waals surface area contributed by atoms with Crippen molar-refractivity contribution in [2.24, 2.45) is 0 Å². The smallest absolute Gasteiger partial charge is 0.366 e. The van der Waals surface area contributed by atoms with Gasteiger partial charge >= 0.3 is 5.82 Å². The number of hydrogen-bond acceptors (Lipinski definition) is 5. The molecule has 1 aromatic carbocycles. The number of anilines is 1. The number of benzene rings is 1. The summed E-state index contributed by atoms with van der Waals surface area (Å²) in [6, 6.07) is 8.46. The Labute approximate surface area is 136 Å². The molecule has 1 unspecified atom stereocenters. The van der Waals surface area contributed by atoms with Crippen molar-refractivity contribution < 1.29 is 18.8 Å². The molecule has 0 bridgehead atoms. The van der Waals surface area contributed by atoms with Crippen LogP contribution in [0.2, 0.25) is 0 Å². The molecule has 1 atom stereocenters. The van der Waals surface area contributed by atoms with Crippen LogP contribution >= 0.6 is 0 Å². The maximum atomic E-state index is 13.4. The first-order chi connectivity index (χ1) is 11.5. The van der Waals surface area contributed by atoms with Gasteiger partial charge in [0.15, 0.2) is 11.9 Å². The topological polar surface area (TPSA) is 85.6 Å². The molecule has 7 nitrogen and oxygen atoms in total. The highest BCUT2D eigenvalue weighted by Crippen LogP contribution is 2.35. The molecule has 0 spiro atoms. The lowest BCUT2D eigenvalue weighted by Crippen LogP contribution is -2.45. The number of ether oxygens (including phenoxy) is 1. The van der Waals surface area contributed by atoms with Gasteiger partial charge in [0.1, 0.15) is 5.82 Å². The lowest BCUT2D eigenvalue weighted by Gasteiger charge is -2.30. The number of aromatic nitrogens is 1. The van der Waals surface area contributed by atoms with Gasteiger partial charge in [0, 0.05) is 6.07 Å². The molecule has 0 saturated carbocycles. The summed E-state index contributed by atoms with van der Waals surface area (Å²) in [5, 5.41) is 10.9. The lowest BCUT2D eigenvalue weighted by molar-refractivity contribution is -0.389. The van der Waals surface area contributed by atoms with Crippen LogP contribution in [0.25, 0.3) is 0 Å². The van der Waals surface area contributed by atoms with Crippen molar-refractivity contribution in [3.8, 4) is 5.75 Å². The number of amides is 1. The summed E-state index contributed by atoms with van der Waals surface area (Å²) in [7, 11) is 0. The van der Waals surface area contributed by atoms with Crippen LogP contribution in [0.5, 0.6) is 5.75 Å². The molecule has 0 N–H and O–H groups in total. The highest BCUT2D eigenvalue weighted by atomic mass is 19.1.